The number of hydrogen-bond acceptors (Lipinski definition) is 2. The fourth-order valence-electron chi connectivity index (χ4n) is 3.08. The van der Waals surface area contributed by atoms with E-state index in [4.69, 9.17) is 0 Å². The van der Waals surface area contributed by atoms with Crippen molar-refractivity contribution in [2.24, 2.45) is 0 Å². The molecule has 2 heteroatoms. The van der Waals surface area contributed by atoms with Crippen LogP contribution in [0.15, 0.2) is 42.5 Å². The van der Waals surface area contributed by atoms with Crippen molar-refractivity contribution in [1.82, 2.24) is 9.80 Å². The zero-order chi connectivity index (χ0) is 13.8. The predicted molar refractivity (Wildman–Crippen MR) is 86.2 cm³/mol. The standard InChI is InChI=1S/C18H24N2/c1-19-12-14-20(15-13-19)11-5-9-17-8-4-7-16-6-2-3-10-18(16)17/h2-4,6-8,10H,5,9,11-15H2,1H3. The molecule has 0 unspecified atom stereocenters. The lowest BCUT2D eigenvalue weighted by Crippen LogP contribution is -2.44. The van der Waals surface area contributed by atoms with E-state index < -0.39 is 0 Å². The molecule has 1 heterocycles. The third-order valence-corrected chi connectivity index (χ3v) is 4.40. The highest BCUT2D eigenvalue weighted by Crippen LogP contribution is 2.19. The van der Waals surface area contributed by atoms with Crippen LogP contribution in [0.4, 0.5) is 0 Å². The zero-order valence-electron chi connectivity index (χ0n) is 12.4. The average molecular weight is 268 g/mol. The van der Waals surface area contributed by atoms with Crippen molar-refractivity contribution < 1.29 is 0 Å². The summed E-state index contributed by atoms with van der Waals surface area (Å²) < 4.78 is 0. The van der Waals surface area contributed by atoms with Crippen LogP contribution < -0.4 is 0 Å². The first-order chi connectivity index (χ1) is 9.83. The molecule has 0 atom stereocenters. The van der Waals surface area contributed by atoms with E-state index in [1.54, 1.807) is 0 Å². The molecule has 2 aromatic rings. The van der Waals surface area contributed by atoms with E-state index in [0.717, 1.165) is 0 Å². The maximum absolute atomic E-state index is 2.60. The fraction of sp³-hybridized carbons (Fsp3) is 0.444. The quantitative estimate of drug-likeness (QED) is 0.841. The Bertz CT molecular complexity index is 551. The number of hydrogen-bond donors (Lipinski definition) is 0. The lowest BCUT2D eigenvalue weighted by molar-refractivity contribution is 0.153. The Morgan fingerprint density at radius 2 is 1.65 bits per heavy atom. The third kappa shape index (κ3) is 3.20. The van der Waals surface area contributed by atoms with E-state index in [2.05, 4.69) is 59.3 Å². The number of aryl methyl sites for hydroxylation is 1. The van der Waals surface area contributed by atoms with Crippen LogP contribution in [0.5, 0.6) is 0 Å². The normalized spacial score (nSPS) is 17.6. The summed E-state index contributed by atoms with van der Waals surface area (Å²) in [7, 11) is 2.22. The van der Waals surface area contributed by atoms with Crippen molar-refractivity contribution >= 4 is 10.8 Å². The molecular weight excluding hydrogens is 244 g/mol. The van der Waals surface area contributed by atoms with Crippen LogP contribution in [0.3, 0.4) is 0 Å². The highest BCUT2D eigenvalue weighted by Gasteiger charge is 2.12. The van der Waals surface area contributed by atoms with Gasteiger partial charge in [-0.05, 0) is 42.8 Å². The van der Waals surface area contributed by atoms with Crippen molar-refractivity contribution in [3.8, 4) is 0 Å². The summed E-state index contributed by atoms with van der Waals surface area (Å²) in [6, 6.07) is 15.4. The molecule has 0 saturated carbocycles. The van der Waals surface area contributed by atoms with Crippen molar-refractivity contribution in [2.45, 2.75) is 12.8 Å². The minimum Gasteiger partial charge on any atom is -0.304 e. The molecule has 0 spiro atoms. The van der Waals surface area contributed by atoms with Gasteiger partial charge in [0.05, 0.1) is 0 Å². The summed E-state index contributed by atoms with van der Waals surface area (Å²) >= 11 is 0. The van der Waals surface area contributed by atoms with Crippen LogP contribution in [0, 0.1) is 0 Å². The molecular formula is C18H24N2. The summed E-state index contributed by atoms with van der Waals surface area (Å²) in [4.78, 5) is 5.02. The summed E-state index contributed by atoms with van der Waals surface area (Å²) in [5, 5.41) is 2.79. The SMILES string of the molecule is CN1CCN(CCCc2cccc3ccccc23)CC1. The van der Waals surface area contributed by atoms with Gasteiger partial charge in [0.2, 0.25) is 0 Å². The van der Waals surface area contributed by atoms with Crippen molar-refractivity contribution in [2.75, 3.05) is 39.8 Å². The molecule has 0 radical (unpaired) electrons. The van der Waals surface area contributed by atoms with Gasteiger partial charge >= 0.3 is 0 Å². The molecule has 20 heavy (non-hydrogen) atoms. The van der Waals surface area contributed by atoms with E-state index in [1.807, 2.05) is 0 Å². The number of fused-ring (bicyclic) bond motifs is 1. The van der Waals surface area contributed by atoms with Crippen LogP contribution >= 0.6 is 0 Å². The molecule has 0 aliphatic carbocycles. The maximum atomic E-state index is 2.60. The summed E-state index contributed by atoms with van der Waals surface area (Å²) in [5.74, 6) is 0. The molecule has 1 aliphatic rings. The molecule has 1 saturated heterocycles. The van der Waals surface area contributed by atoms with E-state index in [9.17, 15) is 0 Å². The van der Waals surface area contributed by atoms with Gasteiger partial charge < -0.3 is 9.80 Å². The summed E-state index contributed by atoms with van der Waals surface area (Å²) in [6.45, 7) is 6.12. The van der Waals surface area contributed by atoms with Crippen LogP contribution in [0.25, 0.3) is 10.8 Å². The second-order valence-electron chi connectivity index (χ2n) is 5.89. The Kier molecular flexibility index (Phi) is 4.34. The molecule has 106 valence electrons. The Labute approximate surface area is 122 Å². The Morgan fingerprint density at radius 1 is 0.900 bits per heavy atom. The Morgan fingerprint density at radius 3 is 2.50 bits per heavy atom. The minimum atomic E-state index is 1.19. The number of likely N-dealkylation sites (N-methyl/N-ethyl adjacent to an activating group) is 1. The number of piperazine rings is 1. The number of rotatable bonds is 4. The fourth-order valence-corrected chi connectivity index (χ4v) is 3.08. The van der Waals surface area contributed by atoms with Crippen LogP contribution in [-0.4, -0.2) is 49.6 Å². The van der Waals surface area contributed by atoms with Crippen LogP contribution in [0.2, 0.25) is 0 Å². The van der Waals surface area contributed by atoms with E-state index in [0.29, 0.717) is 0 Å². The van der Waals surface area contributed by atoms with Gasteiger partial charge in [0.25, 0.3) is 0 Å². The minimum absolute atomic E-state index is 1.19. The van der Waals surface area contributed by atoms with Gasteiger partial charge in [-0.25, -0.2) is 0 Å². The van der Waals surface area contributed by atoms with E-state index in [1.165, 1.54) is 61.9 Å². The molecule has 1 aliphatic heterocycles. The maximum Gasteiger partial charge on any atom is 0.0110 e. The lowest BCUT2D eigenvalue weighted by Gasteiger charge is -2.32. The second-order valence-corrected chi connectivity index (χ2v) is 5.89. The van der Waals surface area contributed by atoms with E-state index >= 15 is 0 Å². The Balaban J connectivity index is 1.57. The molecule has 0 bridgehead atoms. The first-order valence-electron chi connectivity index (χ1n) is 7.70. The highest BCUT2D eigenvalue weighted by molar-refractivity contribution is 5.85. The number of benzene rings is 2. The second kappa shape index (κ2) is 6.38. The van der Waals surface area contributed by atoms with Crippen molar-refractivity contribution in [3.05, 3.63) is 48.0 Å². The zero-order valence-corrected chi connectivity index (χ0v) is 12.4. The van der Waals surface area contributed by atoms with Crippen LogP contribution in [0.1, 0.15) is 12.0 Å². The van der Waals surface area contributed by atoms with Gasteiger partial charge in [-0.1, -0.05) is 42.5 Å². The third-order valence-electron chi connectivity index (χ3n) is 4.40. The smallest absolute Gasteiger partial charge is 0.0110 e. The van der Waals surface area contributed by atoms with Crippen molar-refractivity contribution in [1.29, 1.82) is 0 Å². The monoisotopic (exact) mass is 268 g/mol. The first-order valence-corrected chi connectivity index (χ1v) is 7.70. The Hall–Kier alpha value is -1.38. The lowest BCUT2D eigenvalue weighted by atomic mass is 10.0. The highest BCUT2D eigenvalue weighted by atomic mass is 15.2. The molecule has 2 aromatic carbocycles. The van der Waals surface area contributed by atoms with Gasteiger partial charge in [0.15, 0.2) is 0 Å². The van der Waals surface area contributed by atoms with Gasteiger partial charge in [0, 0.05) is 26.2 Å². The summed E-state index contributed by atoms with van der Waals surface area (Å²) in [5.41, 5.74) is 1.50. The molecule has 0 amide bonds. The number of nitrogens with zero attached hydrogens (tertiary/aromatic N) is 2. The molecule has 1 fully saturated rings. The van der Waals surface area contributed by atoms with E-state index in [-0.39, 0.29) is 0 Å². The molecule has 0 aromatic heterocycles. The van der Waals surface area contributed by atoms with Gasteiger partial charge in [-0.2, -0.15) is 0 Å². The van der Waals surface area contributed by atoms with Gasteiger partial charge in [0.1, 0.15) is 0 Å². The molecule has 0 N–H and O–H groups in total. The van der Waals surface area contributed by atoms with Gasteiger partial charge in [-0.3, -0.25) is 0 Å². The first kappa shape index (κ1) is 13.6. The van der Waals surface area contributed by atoms with Crippen molar-refractivity contribution in [3.63, 3.8) is 0 Å². The topological polar surface area (TPSA) is 6.48 Å². The van der Waals surface area contributed by atoms with Gasteiger partial charge in [-0.15, -0.1) is 0 Å². The molecule has 3 rings (SSSR count). The molecule has 2 nitrogen and oxygen atoms in total. The predicted octanol–water partition coefficient (Wildman–Crippen LogP) is 3.02. The largest absolute Gasteiger partial charge is 0.304 e. The summed E-state index contributed by atoms with van der Waals surface area (Å²) in [6.07, 6.45) is 2.45. The average Bonchev–Trinajstić information content (AvgIpc) is 2.49. The van der Waals surface area contributed by atoms with Crippen LogP contribution in [-0.2, 0) is 6.42 Å².